The number of rotatable bonds is 7. The first-order chi connectivity index (χ1) is 13.3. The Morgan fingerprint density at radius 3 is 2.39 bits per heavy atom. The van der Waals surface area contributed by atoms with E-state index in [1.807, 2.05) is 39.8 Å². The second kappa shape index (κ2) is 9.54. The molecule has 7 nitrogen and oxygen atoms in total. The van der Waals surface area contributed by atoms with Gasteiger partial charge in [0.2, 0.25) is 0 Å². The first-order valence-corrected chi connectivity index (χ1v) is 9.98. The molecule has 0 aliphatic heterocycles. The highest BCUT2D eigenvalue weighted by Gasteiger charge is 2.21. The summed E-state index contributed by atoms with van der Waals surface area (Å²) in [6.45, 7) is 8.98. The Bertz CT molecular complexity index is 944. The van der Waals surface area contributed by atoms with E-state index in [9.17, 15) is 9.59 Å². The molecule has 0 saturated carbocycles. The molecule has 0 spiro atoms. The topological polar surface area (TPSA) is 96.2 Å². The highest BCUT2D eigenvalue weighted by Crippen LogP contribution is 2.20. The van der Waals surface area contributed by atoms with Gasteiger partial charge in [-0.1, -0.05) is 26.3 Å². The van der Waals surface area contributed by atoms with Crippen molar-refractivity contribution in [3.63, 3.8) is 0 Å². The van der Waals surface area contributed by atoms with Crippen LogP contribution in [0.3, 0.4) is 0 Å². The summed E-state index contributed by atoms with van der Waals surface area (Å²) < 4.78 is 1.41. The predicted molar refractivity (Wildman–Crippen MR) is 120 cm³/mol. The van der Waals surface area contributed by atoms with E-state index >= 15 is 0 Å². The Morgan fingerprint density at radius 1 is 1.18 bits per heavy atom. The van der Waals surface area contributed by atoms with Crippen molar-refractivity contribution < 1.29 is 0 Å². The minimum absolute atomic E-state index is 0.139. The number of nitrogens with two attached hydrogens (primary N) is 1. The molecule has 152 valence electrons. The molecular formula is C20H29N5O2S. The van der Waals surface area contributed by atoms with Crippen molar-refractivity contribution >= 4 is 34.5 Å². The summed E-state index contributed by atoms with van der Waals surface area (Å²) in [7, 11) is 0. The van der Waals surface area contributed by atoms with Crippen LogP contribution in [0.25, 0.3) is 0 Å². The van der Waals surface area contributed by atoms with Crippen LogP contribution in [-0.4, -0.2) is 21.2 Å². The van der Waals surface area contributed by atoms with E-state index in [-0.39, 0.29) is 11.5 Å². The van der Waals surface area contributed by atoms with Crippen LogP contribution in [0.5, 0.6) is 0 Å². The summed E-state index contributed by atoms with van der Waals surface area (Å²) in [5.41, 5.74) is 8.49. The standard InChI is InChI=1S/C20H29N5O2S/c1-5-7-9-25-17(21)16(18(26)23-19(25)27)24(8-6-2)20(28)22-15-11-13(3)10-14(4)12-15/h10-12H,5-9,21H2,1-4H3,(H,22,28)(H,23,26,27). The lowest BCUT2D eigenvalue weighted by atomic mass is 10.1. The van der Waals surface area contributed by atoms with E-state index < -0.39 is 11.2 Å². The summed E-state index contributed by atoms with van der Waals surface area (Å²) in [6, 6.07) is 6.04. The minimum atomic E-state index is -0.534. The summed E-state index contributed by atoms with van der Waals surface area (Å²) in [4.78, 5) is 28.8. The number of aryl methyl sites for hydroxylation is 2. The third-order valence-corrected chi connectivity index (χ3v) is 4.71. The number of benzene rings is 1. The number of unbranched alkanes of at least 4 members (excludes halogenated alkanes) is 1. The van der Waals surface area contributed by atoms with E-state index in [1.54, 1.807) is 4.90 Å². The normalized spacial score (nSPS) is 10.7. The number of aromatic nitrogens is 2. The fourth-order valence-corrected chi connectivity index (χ4v) is 3.45. The zero-order valence-corrected chi connectivity index (χ0v) is 17.8. The lowest BCUT2D eigenvalue weighted by Crippen LogP contribution is -2.43. The van der Waals surface area contributed by atoms with Gasteiger partial charge in [0, 0.05) is 18.8 Å². The number of aromatic amines is 1. The van der Waals surface area contributed by atoms with Crippen molar-refractivity contribution in [1.82, 2.24) is 9.55 Å². The highest BCUT2D eigenvalue weighted by atomic mass is 32.1. The molecule has 4 N–H and O–H groups in total. The monoisotopic (exact) mass is 403 g/mol. The van der Waals surface area contributed by atoms with Gasteiger partial charge in [0.05, 0.1) is 0 Å². The summed E-state index contributed by atoms with van der Waals surface area (Å²) in [5.74, 6) is 0.139. The van der Waals surface area contributed by atoms with Gasteiger partial charge in [0.15, 0.2) is 10.8 Å². The van der Waals surface area contributed by atoms with Crippen LogP contribution in [0.4, 0.5) is 17.2 Å². The number of nitrogen functional groups attached to an aromatic ring is 1. The Hall–Kier alpha value is -2.61. The van der Waals surface area contributed by atoms with Gasteiger partial charge in [-0.3, -0.25) is 14.3 Å². The molecule has 0 unspecified atom stereocenters. The molecule has 1 heterocycles. The van der Waals surface area contributed by atoms with Gasteiger partial charge in [0.1, 0.15) is 5.82 Å². The maximum atomic E-state index is 12.6. The van der Waals surface area contributed by atoms with Gasteiger partial charge in [-0.15, -0.1) is 0 Å². The predicted octanol–water partition coefficient (Wildman–Crippen LogP) is 3.15. The number of hydrogen-bond acceptors (Lipinski definition) is 4. The molecule has 2 rings (SSSR count). The van der Waals surface area contributed by atoms with Crippen molar-refractivity contribution in [2.75, 3.05) is 22.5 Å². The molecular weight excluding hydrogens is 374 g/mol. The van der Waals surface area contributed by atoms with Crippen molar-refractivity contribution in [1.29, 1.82) is 0 Å². The summed E-state index contributed by atoms with van der Waals surface area (Å²) >= 11 is 5.59. The molecule has 0 aliphatic rings. The van der Waals surface area contributed by atoms with E-state index in [1.165, 1.54) is 4.57 Å². The molecule has 0 radical (unpaired) electrons. The third-order valence-electron chi connectivity index (χ3n) is 4.38. The van der Waals surface area contributed by atoms with Crippen LogP contribution in [0, 0.1) is 13.8 Å². The Kier molecular flexibility index (Phi) is 7.39. The fraction of sp³-hybridized carbons (Fsp3) is 0.450. The second-order valence-electron chi connectivity index (χ2n) is 6.96. The molecule has 0 saturated heterocycles. The van der Waals surface area contributed by atoms with E-state index in [0.29, 0.717) is 18.2 Å². The molecule has 0 atom stereocenters. The lowest BCUT2D eigenvalue weighted by Gasteiger charge is -2.27. The van der Waals surface area contributed by atoms with Crippen LogP contribution >= 0.6 is 12.2 Å². The highest BCUT2D eigenvalue weighted by molar-refractivity contribution is 7.80. The molecule has 28 heavy (non-hydrogen) atoms. The van der Waals surface area contributed by atoms with E-state index in [2.05, 4.69) is 16.4 Å². The first kappa shape index (κ1) is 21.7. The molecule has 8 heteroatoms. The zero-order chi connectivity index (χ0) is 20.8. The maximum absolute atomic E-state index is 12.6. The van der Waals surface area contributed by atoms with Gasteiger partial charge in [-0.05, 0) is 62.2 Å². The van der Waals surface area contributed by atoms with E-state index in [4.69, 9.17) is 18.0 Å². The van der Waals surface area contributed by atoms with Crippen LogP contribution in [0.15, 0.2) is 27.8 Å². The molecule has 0 aliphatic carbocycles. The van der Waals surface area contributed by atoms with Gasteiger partial charge < -0.3 is 16.0 Å². The second-order valence-corrected chi connectivity index (χ2v) is 7.34. The zero-order valence-electron chi connectivity index (χ0n) is 17.0. The van der Waals surface area contributed by atoms with Crippen molar-refractivity contribution in [3.8, 4) is 0 Å². The van der Waals surface area contributed by atoms with Crippen LogP contribution in [0.1, 0.15) is 44.2 Å². The van der Waals surface area contributed by atoms with Gasteiger partial charge >= 0.3 is 5.69 Å². The molecule has 1 aromatic heterocycles. The van der Waals surface area contributed by atoms with Crippen LogP contribution in [-0.2, 0) is 6.54 Å². The minimum Gasteiger partial charge on any atom is -0.383 e. The third kappa shape index (κ3) is 5.01. The average molecular weight is 404 g/mol. The summed E-state index contributed by atoms with van der Waals surface area (Å²) in [6.07, 6.45) is 2.45. The van der Waals surface area contributed by atoms with Gasteiger partial charge in [-0.2, -0.15) is 0 Å². The number of thiocarbonyl (C=S) groups is 1. The smallest absolute Gasteiger partial charge is 0.330 e. The average Bonchev–Trinajstić information content (AvgIpc) is 2.59. The Morgan fingerprint density at radius 2 is 1.82 bits per heavy atom. The molecule has 2 aromatic rings. The number of H-pyrrole nitrogens is 1. The van der Waals surface area contributed by atoms with Gasteiger partial charge in [0.25, 0.3) is 5.56 Å². The van der Waals surface area contributed by atoms with Crippen molar-refractivity contribution in [2.45, 2.75) is 53.5 Å². The first-order valence-electron chi connectivity index (χ1n) is 9.57. The number of hydrogen-bond donors (Lipinski definition) is 3. The SMILES string of the molecule is CCCCn1c(N)c(N(CCC)C(=S)Nc2cc(C)cc(C)c2)c(=O)[nH]c1=O. The molecule has 1 aromatic carbocycles. The van der Waals surface area contributed by atoms with Crippen molar-refractivity contribution in [2.24, 2.45) is 0 Å². The van der Waals surface area contributed by atoms with Crippen LogP contribution in [0.2, 0.25) is 0 Å². The fourth-order valence-electron chi connectivity index (χ4n) is 3.15. The van der Waals surface area contributed by atoms with Gasteiger partial charge in [-0.25, -0.2) is 4.79 Å². The largest absolute Gasteiger partial charge is 0.383 e. The number of nitrogens with zero attached hydrogens (tertiary/aromatic N) is 2. The quantitative estimate of drug-likeness (QED) is 0.615. The number of anilines is 3. The maximum Gasteiger partial charge on any atom is 0.330 e. The van der Waals surface area contributed by atoms with Crippen LogP contribution < -0.4 is 27.2 Å². The lowest BCUT2D eigenvalue weighted by molar-refractivity contribution is 0.604. The Labute approximate surface area is 170 Å². The number of nitrogens with one attached hydrogen (secondary N) is 2. The Balaban J connectivity index is 2.46. The molecule has 0 amide bonds. The molecule has 0 bridgehead atoms. The van der Waals surface area contributed by atoms with E-state index in [0.717, 1.165) is 36.1 Å². The van der Waals surface area contributed by atoms with Crippen molar-refractivity contribution in [3.05, 3.63) is 50.2 Å². The molecule has 0 fully saturated rings. The summed E-state index contributed by atoms with van der Waals surface area (Å²) in [5, 5.41) is 3.57.